The molecule has 0 aromatic rings. The highest BCUT2D eigenvalue weighted by Gasteiger charge is 2.22. The van der Waals surface area contributed by atoms with Crippen LogP contribution in [0.15, 0.2) is 0 Å². The van der Waals surface area contributed by atoms with Gasteiger partial charge in [0, 0.05) is 39.5 Å². The van der Waals surface area contributed by atoms with E-state index in [0.29, 0.717) is 18.3 Å². The normalized spacial score (nSPS) is 17.7. The largest absolute Gasteiger partial charge is 0.379 e. The van der Waals surface area contributed by atoms with Crippen LogP contribution >= 0.6 is 0 Å². The lowest BCUT2D eigenvalue weighted by molar-refractivity contribution is -0.0421. The number of hydrogen-bond acceptors (Lipinski definition) is 6. The lowest BCUT2D eigenvalue weighted by atomic mass is 10.3. The average Bonchev–Trinajstić information content (AvgIpc) is 2.59. The van der Waals surface area contributed by atoms with E-state index >= 15 is 0 Å². The second-order valence-corrected chi connectivity index (χ2v) is 8.43. The third-order valence-electron chi connectivity index (χ3n) is 4.41. The summed E-state index contributed by atoms with van der Waals surface area (Å²) in [5.41, 5.74) is 0. The molecule has 0 aromatic carbocycles. The maximum atomic E-state index is 5.70. The third kappa shape index (κ3) is 13.6. The molecule has 27 heavy (non-hydrogen) atoms. The van der Waals surface area contributed by atoms with E-state index in [9.17, 15) is 0 Å². The van der Waals surface area contributed by atoms with Gasteiger partial charge in [-0.2, -0.15) is 0 Å². The molecule has 0 spiro atoms. The second kappa shape index (κ2) is 14.7. The van der Waals surface area contributed by atoms with Gasteiger partial charge in [-0.3, -0.25) is 14.7 Å². The van der Waals surface area contributed by atoms with Crippen molar-refractivity contribution < 1.29 is 14.2 Å². The Morgan fingerprint density at radius 3 is 1.00 bits per heavy atom. The Morgan fingerprint density at radius 1 is 0.519 bits per heavy atom. The summed E-state index contributed by atoms with van der Waals surface area (Å²) in [6.07, 6.45) is 4.23. The van der Waals surface area contributed by atoms with Gasteiger partial charge in [-0.15, -0.1) is 0 Å². The van der Waals surface area contributed by atoms with Gasteiger partial charge in [-0.05, 0) is 60.8 Å². The molecule has 0 unspecified atom stereocenters. The van der Waals surface area contributed by atoms with E-state index in [1.165, 1.54) is 0 Å². The quantitative estimate of drug-likeness (QED) is 0.402. The van der Waals surface area contributed by atoms with Crippen LogP contribution < -0.4 is 0 Å². The van der Waals surface area contributed by atoms with Gasteiger partial charge in [0.25, 0.3) is 0 Å². The molecule has 0 aromatic heterocycles. The molecule has 1 aliphatic rings. The lowest BCUT2D eigenvalue weighted by Gasteiger charge is -2.42. The van der Waals surface area contributed by atoms with Gasteiger partial charge in [0.05, 0.1) is 38.3 Å². The molecule has 0 aliphatic carbocycles. The number of rotatable bonds is 15. The van der Waals surface area contributed by atoms with Gasteiger partial charge in [0.15, 0.2) is 0 Å². The molecule has 0 N–H and O–H groups in total. The third-order valence-corrected chi connectivity index (χ3v) is 4.41. The van der Waals surface area contributed by atoms with E-state index in [2.05, 4.69) is 56.2 Å². The standard InChI is InChI=1S/C21H45N3O3/c1-19(2)25-13-7-10-22-16-23(11-8-14-26-20(3)4)18-24(17-22)12-9-15-27-21(5)6/h19-21H,7-18H2,1-6H3. The zero-order valence-electron chi connectivity index (χ0n) is 18.8. The van der Waals surface area contributed by atoms with Gasteiger partial charge in [-0.25, -0.2) is 0 Å². The van der Waals surface area contributed by atoms with Crippen molar-refractivity contribution in [2.45, 2.75) is 79.1 Å². The van der Waals surface area contributed by atoms with Gasteiger partial charge in [0.2, 0.25) is 0 Å². The van der Waals surface area contributed by atoms with Crippen LogP contribution in [0.1, 0.15) is 60.8 Å². The summed E-state index contributed by atoms with van der Waals surface area (Å²) in [7, 11) is 0. The maximum absolute atomic E-state index is 5.70. The highest BCUT2D eigenvalue weighted by atomic mass is 16.5. The molecule has 162 valence electrons. The zero-order chi connectivity index (χ0) is 20.1. The molecule has 1 heterocycles. The first-order valence-corrected chi connectivity index (χ1v) is 10.9. The molecule has 1 aliphatic heterocycles. The fourth-order valence-electron chi connectivity index (χ4n) is 3.23. The van der Waals surface area contributed by atoms with E-state index < -0.39 is 0 Å². The predicted octanol–water partition coefficient (Wildman–Crippen LogP) is 3.22. The molecule has 1 rings (SSSR count). The van der Waals surface area contributed by atoms with E-state index in [1.807, 2.05) is 0 Å². The van der Waals surface area contributed by atoms with Crippen molar-refractivity contribution in [3.63, 3.8) is 0 Å². The molecule has 0 amide bonds. The Bertz CT molecular complexity index is 295. The summed E-state index contributed by atoms with van der Waals surface area (Å²) in [6.45, 7) is 21.5. The van der Waals surface area contributed by atoms with Crippen molar-refractivity contribution in [1.29, 1.82) is 0 Å². The first-order valence-electron chi connectivity index (χ1n) is 10.9. The second-order valence-electron chi connectivity index (χ2n) is 8.43. The average molecular weight is 388 g/mol. The fraction of sp³-hybridized carbons (Fsp3) is 1.00. The van der Waals surface area contributed by atoms with Crippen LogP contribution in [0.25, 0.3) is 0 Å². The molecule has 0 bridgehead atoms. The van der Waals surface area contributed by atoms with Gasteiger partial charge in [-0.1, -0.05) is 0 Å². The first kappa shape index (κ1) is 24.8. The molecule has 6 nitrogen and oxygen atoms in total. The van der Waals surface area contributed by atoms with Crippen molar-refractivity contribution in [3.05, 3.63) is 0 Å². The minimum atomic E-state index is 0.321. The van der Waals surface area contributed by atoms with Crippen LogP contribution in [-0.2, 0) is 14.2 Å². The van der Waals surface area contributed by atoms with Crippen LogP contribution in [0.2, 0.25) is 0 Å². The highest BCUT2D eigenvalue weighted by molar-refractivity contribution is 4.70. The summed E-state index contributed by atoms with van der Waals surface area (Å²) in [5, 5.41) is 0. The summed E-state index contributed by atoms with van der Waals surface area (Å²) >= 11 is 0. The fourth-order valence-corrected chi connectivity index (χ4v) is 3.23. The van der Waals surface area contributed by atoms with Crippen molar-refractivity contribution in [2.24, 2.45) is 0 Å². The zero-order valence-corrected chi connectivity index (χ0v) is 18.8. The monoisotopic (exact) mass is 387 g/mol. The van der Waals surface area contributed by atoms with Gasteiger partial charge < -0.3 is 14.2 Å². The maximum Gasteiger partial charge on any atom is 0.0530 e. The Hall–Kier alpha value is -0.240. The molecule has 0 atom stereocenters. The van der Waals surface area contributed by atoms with Crippen LogP contribution in [-0.4, -0.2) is 92.5 Å². The van der Waals surface area contributed by atoms with Crippen LogP contribution in [0, 0.1) is 0 Å². The van der Waals surface area contributed by atoms with E-state index in [1.54, 1.807) is 0 Å². The van der Waals surface area contributed by atoms with E-state index in [-0.39, 0.29) is 0 Å². The Kier molecular flexibility index (Phi) is 13.5. The SMILES string of the molecule is CC(C)OCCCN1CN(CCCOC(C)C)CN(CCCOC(C)C)C1. The van der Waals surface area contributed by atoms with Gasteiger partial charge in [0.1, 0.15) is 0 Å². The summed E-state index contributed by atoms with van der Waals surface area (Å²) in [4.78, 5) is 7.62. The molecular weight excluding hydrogens is 342 g/mol. The Morgan fingerprint density at radius 2 is 0.778 bits per heavy atom. The number of hydrogen-bond donors (Lipinski definition) is 0. The lowest BCUT2D eigenvalue weighted by Crippen LogP contribution is -2.55. The molecular formula is C21H45N3O3. The van der Waals surface area contributed by atoms with Crippen molar-refractivity contribution in [2.75, 3.05) is 59.5 Å². The molecule has 0 radical (unpaired) electrons. The number of nitrogens with zero attached hydrogens (tertiary/aromatic N) is 3. The smallest absolute Gasteiger partial charge is 0.0530 e. The molecule has 6 heteroatoms. The highest BCUT2D eigenvalue weighted by Crippen LogP contribution is 2.10. The molecule has 0 saturated carbocycles. The van der Waals surface area contributed by atoms with Crippen LogP contribution in [0.3, 0.4) is 0 Å². The van der Waals surface area contributed by atoms with Crippen molar-refractivity contribution in [1.82, 2.24) is 14.7 Å². The minimum absolute atomic E-state index is 0.321. The molecule has 1 saturated heterocycles. The summed E-state index contributed by atoms with van der Waals surface area (Å²) in [6, 6.07) is 0. The Labute approximate surface area is 168 Å². The van der Waals surface area contributed by atoms with Crippen LogP contribution in [0.5, 0.6) is 0 Å². The van der Waals surface area contributed by atoms with E-state index in [4.69, 9.17) is 14.2 Å². The first-order chi connectivity index (χ1) is 12.9. The Balaban J connectivity index is 2.37. The topological polar surface area (TPSA) is 37.4 Å². The van der Waals surface area contributed by atoms with Crippen LogP contribution in [0.4, 0.5) is 0 Å². The predicted molar refractivity (Wildman–Crippen MR) is 112 cm³/mol. The summed E-state index contributed by atoms with van der Waals surface area (Å²) < 4.78 is 17.1. The van der Waals surface area contributed by atoms with Crippen molar-refractivity contribution in [3.8, 4) is 0 Å². The van der Waals surface area contributed by atoms with Crippen molar-refractivity contribution >= 4 is 0 Å². The van der Waals surface area contributed by atoms with Gasteiger partial charge >= 0.3 is 0 Å². The minimum Gasteiger partial charge on any atom is -0.379 e. The summed E-state index contributed by atoms with van der Waals surface area (Å²) in [5.74, 6) is 0. The number of ether oxygens (including phenoxy) is 3. The van der Waals surface area contributed by atoms with E-state index in [0.717, 1.165) is 78.7 Å². The molecule has 1 fully saturated rings.